The van der Waals surface area contributed by atoms with E-state index in [1.165, 1.54) is 30.2 Å². The van der Waals surface area contributed by atoms with E-state index in [0.29, 0.717) is 0 Å². The fraction of sp³-hybridized carbons (Fsp3) is 0.385. The van der Waals surface area contributed by atoms with Crippen molar-refractivity contribution >= 4 is 30.7 Å². The molecule has 0 radical (unpaired) electrons. The Morgan fingerprint density at radius 2 is 1.89 bits per heavy atom. The van der Waals surface area contributed by atoms with Crippen molar-refractivity contribution in [3.05, 3.63) is 18.1 Å². The Kier molecular flexibility index (Phi) is 6.27. The van der Waals surface area contributed by atoms with Crippen LogP contribution in [0.4, 0.5) is 13.2 Å². The molecule has 3 heterocycles. The fourth-order valence-corrected chi connectivity index (χ4v) is 3.51. The number of fused-ring (bicyclic) bond motifs is 1. The van der Waals surface area contributed by atoms with Crippen LogP contribution in [0.3, 0.4) is 0 Å². The first-order chi connectivity index (χ1) is 12.6. The van der Waals surface area contributed by atoms with Crippen LogP contribution in [-0.4, -0.2) is 43.5 Å². The first-order valence-corrected chi connectivity index (χ1v) is 12.8. The first-order valence-electron chi connectivity index (χ1n) is 7.28. The van der Waals surface area contributed by atoms with Crippen LogP contribution in [0.5, 0.6) is 0 Å². The molecule has 0 bridgehead atoms. The zero-order chi connectivity index (χ0) is 20.6. The topological polar surface area (TPSA) is 95.6 Å². The minimum absolute atomic E-state index is 0.00147. The van der Waals surface area contributed by atoms with E-state index < -0.39 is 21.7 Å². The van der Waals surface area contributed by atoms with Gasteiger partial charge in [0, 0.05) is 30.2 Å². The zero-order valence-electron chi connectivity index (χ0n) is 14.4. The number of sulfone groups is 1. The summed E-state index contributed by atoms with van der Waals surface area (Å²) in [5.41, 5.74) is -1.17. The number of aromatic nitrogens is 6. The van der Waals surface area contributed by atoms with E-state index in [4.69, 9.17) is 9.69 Å². The number of nitrogens with zero attached hydrogens (tertiary/aromatic N) is 6. The van der Waals surface area contributed by atoms with Crippen molar-refractivity contribution in [1.29, 1.82) is 0 Å². The maximum atomic E-state index is 12.8. The van der Waals surface area contributed by atoms with Gasteiger partial charge in [-0.1, -0.05) is 6.92 Å². The molecule has 14 heteroatoms. The third-order valence-electron chi connectivity index (χ3n) is 3.61. The van der Waals surface area contributed by atoms with Crippen molar-refractivity contribution in [2.75, 3.05) is 5.75 Å². The van der Waals surface area contributed by atoms with Gasteiger partial charge in [0.15, 0.2) is 11.3 Å². The number of hydrogen-bond donors (Lipinski definition) is 0. The number of hydrogen-bond acceptors (Lipinski definition) is 6. The molecule has 0 amide bonds. The predicted molar refractivity (Wildman–Crippen MR) is 85.9 cm³/mol. The van der Waals surface area contributed by atoms with Gasteiger partial charge in [0.2, 0.25) is 0 Å². The second-order valence-corrected chi connectivity index (χ2v) is 7.45. The normalized spacial score (nSPS) is 12.2. The van der Waals surface area contributed by atoms with Crippen molar-refractivity contribution in [3.63, 3.8) is 0 Å². The molecule has 0 spiro atoms. The van der Waals surface area contributed by atoms with Crippen molar-refractivity contribution in [2.45, 2.75) is 18.1 Å². The predicted octanol–water partition coefficient (Wildman–Crippen LogP) is 2.06. The minimum atomic E-state index is -4.66. The molecule has 3 aromatic rings. The molecule has 0 aromatic carbocycles. The molecule has 8 nitrogen and oxygen atoms in total. The van der Waals surface area contributed by atoms with Crippen LogP contribution in [0.15, 0.2) is 11.1 Å². The van der Waals surface area contributed by atoms with E-state index in [1.807, 2.05) is 0 Å². The number of imidazole rings is 2. The molecule has 0 saturated heterocycles. The summed E-state index contributed by atoms with van der Waals surface area (Å²) in [5.74, 6) is -0.109. The van der Waals surface area contributed by atoms with Crippen LogP contribution in [0.1, 0.15) is 12.6 Å². The molecule has 27 heavy (non-hydrogen) atoms. The maximum absolute atomic E-state index is 12.8. The molecule has 0 aliphatic rings. The number of alkyl halides is 3. The second kappa shape index (κ2) is 7.80. The van der Waals surface area contributed by atoms with Crippen molar-refractivity contribution < 1.29 is 38.9 Å². The molecular formula is C13H12ClF3N6O2SZn. The summed E-state index contributed by atoms with van der Waals surface area (Å²) in [7, 11) is 4.07. The SMILES string of the molecule is CCS(=O)(=O)c1c(-c2nc3cc(C(F)(F)F)nnc3n2C)n[c-]n1C.[Cl][Zn+]. The van der Waals surface area contributed by atoms with Gasteiger partial charge >= 0.3 is 33.2 Å². The summed E-state index contributed by atoms with van der Waals surface area (Å²) in [4.78, 5) is 8.01. The van der Waals surface area contributed by atoms with Crippen LogP contribution < -0.4 is 0 Å². The average molecular weight is 474 g/mol. The Morgan fingerprint density at radius 3 is 2.44 bits per heavy atom. The van der Waals surface area contributed by atoms with Crippen LogP contribution in [0.25, 0.3) is 22.7 Å². The summed E-state index contributed by atoms with van der Waals surface area (Å²) in [6.45, 7) is 1.47. The van der Waals surface area contributed by atoms with Crippen molar-refractivity contribution in [1.82, 2.24) is 29.3 Å². The van der Waals surface area contributed by atoms with Crippen molar-refractivity contribution in [2.24, 2.45) is 14.1 Å². The van der Waals surface area contributed by atoms with Crippen LogP contribution in [0.2, 0.25) is 0 Å². The van der Waals surface area contributed by atoms with Gasteiger partial charge < -0.3 is 14.1 Å². The monoisotopic (exact) mass is 472 g/mol. The van der Waals surface area contributed by atoms with Crippen LogP contribution in [0, 0.1) is 6.33 Å². The van der Waals surface area contributed by atoms with Crippen molar-refractivity contribution in [3.8, 4) is 11.5 Å². The third-order valence-corrected chi connectivity index (χ3v) is 5.43. The Bertz CT molecular complexity index is 1080. The number of halogens is 4. The summed E-state index contributed by atoms with van der Waals surface area (Å²) in [6, 6.07) is 0.756. The molecule has 0 atom stereocenters. The van der Waals surface area contributed by atoms with E-state index in [9.17, 15) is 21.6 Å². The molecule has 3 rings (SSSR count). The Morgan fingerprint density at radius 1 is 1.26 bits per heavy atom. The van der Waals surface area contributed by atoms with Gasteiger partial charge in [-0.2, -0.15) is 13.2 Å². The molecule has 142 valence electrons. The van der Waals surface area contributed by atoms with Gasteiger partial charge in [-0.05, 0) is 12.7 Å². The molecule has 0 unspecified atom stereocenters. The number of aryl methyl sites for hydroxylation is 2. The fourth-order valence-electron chi connectivity index (χ4n) is 2.35. The molecule has 0 fully saturated rings. The first kappa shape index (κ1) is 21.7. The van der Waals surface area contributed by atoms with E-state index >= 15 is 0 Å². The van der Waals surface area contributed by atoms with E-state index in [0.717, 1.165) is 23.4 Å². The standard InChI is InChI=1S/C13H12F3N6O2S.ClH.Zn/c1-4-25(23,24)12-9(17-6-21(12)2)11-18-7-5-8(13(14,15)16)19-20-10(7)22(11)3;;/h5H,4H2,1-3H3;1H;/q-1;;+2/p-1. The van der Waals surface area contributed by atoms with Gasteiger partial charge in [0.05, 0.1) is 5.82 Å². The second-order valence-electron chi connectivity index (χ2n) is 5.26. The van der Waals surface area contributed by atoms with Crippen LogP contribution in [-0.2, 0) is 47.4 Å². The van der Waals surface area contributed by atoms with E-state index in [-0.39, 0.29) is 33.5 Å². The Labute approximate surface area is 166 Å². The zero-order valence-corrected chi connectivity index (χ0v) is 19.0. The summed E-state index contributed by atoms with van der Waals surface area (Å²) < 4.78 is 65.5. The Hall–Kier alpha value is -1.59. The van der Waals surface area contributed by atoms with E-state index in [1.54, 1.807) is 0 Å². The van der Waals surface area contributed by atoms with Gasteiger partial charge in [-0.3, -0.25) is 0 Å². The summed E-state index contributed by atoms with van der Waals surface area (Å²) in [6.07, 6.45) is -2.16. The molecule has 0 saturated carbocycles. The molecule has 3 aromatic heterocycles. The average Bonchev–Trinajstić information content (AvgIpc) is 3.16. The van der Waals surface area contributed by atoms with Crippen LogP contribution >= 0.6 is 9.69 Å². The molecular weight excluding hydrogens is 462 g/mol. The summed E-state index contributed by atoms with van der Waals surface area (Å²) in [5, 5.41) is 6.59. The molecule has 0 aliphatic carbocycles. The quantitative estimate of drug-likeness (QED) is 0.426. The molecule has 0 N–H and O–H groups in total. The van der Waals surface area contributed by atoms with Gasteiger partial charge in [0.1, 0.15) is 15.4 Å². The van der Waals surface area contributed by atoms with Gasteiger partial charge in [-0.15, -0.1) is 10.2 Å². The van der Waals surface area contributed by atoms with Gasteiger partial charge in [0.25, 0.3) is 0 Å². The Balaban J connectivity index is 0.00000126. The third kappa shape index (κ3) is 3.99. The molecule has 0 aliphatic heterocycles. The van der Waals surface area contributed by atoms with E-state index in [2.05, 4.69) is 26.5 Å². The number of rotatable bonds is 3. The summed E-state index contributed by atoms with van der Waals surface area (Å²) >= 11 is 0.847. The van der Waals surface area contributed by atoms with Gasteiger partial charge in [-0.25, -0.2) is 13.4 Å².